The van der Waals surface area contributed by atoms with Crippen molar-refractivity contribution in [2.45, 2.75) is 167 Å². The van der Waals surface area contributed by atoms with Crippen LogP contribution < -0.4 is 5.48 Å². The molecule has 0 unspecified atom stereocenters. The van der Waals surface area contributed by atoms with Gasteiger partial charge in [-0.2, -0.15) is 0 Å². The van der Waals surface area contributed by atoms with Gasteiger partial charge in [-0.1, -0.05) is 141 Å². The van der Waals surface area contributed by atoms with Crippen LogP contribution in [0.15, 0.2) is 0 Å². The van der Waals surface area contributed by atoms with Crippen molar-refractivity contribution >= 4 is 11.9 Å². The normalized spacial score (nSPS) is 11.1. The highest BCUT2D eigenvalue weighted by atomic mass is 16.5. The van der Waals surface area contributed by atoms with E-state index in [-0.39, 0.29) is 5.91 Å². The number of aliphatic carboxylic acids is 1. The van der Waals surface area contributed by atoms with E-state index >= 15 is 0 Å². The predicted octanol–water partition coefficient (Wildman–Crippen LogP) is 8.72. The van der Waals surface area contributed by atoms with E-state index in [2.05, 4.69) is 0 Å². The fourth-order valence-electron chi connectivity index (χ4n) is 4.51. The number of carbonyl (C=O) groups is 2. The third-order valence-electron chi connectivity index (χ3n) is 6.67. The Kier molecular flexibility index (Phi) is 26.2. The topological polar surface area (TPSA) is 86.6 Å². The summed E-state index contributed by atoms with van der Waals surface area (Å²) in [4.78, 5) is 21.3. The zero-order valence-electron chi connectivity index (χ0n) is 21.6. The van der Waals surface area contributed by atoms with E-state index < -0.39 is 5.97 Å². The monoisotopic (exact) mass is 469 g/mol. The van der Waals surface area contributed by atoms with Gasteiger partial charge in [0.25, 0.3) is 0 Å². The van der Waals surface area contributed by atoms with Crippen LogP contribution in [0.2, 0.25) is 0 Å². The highest BCUT2D eigenvalue weighted by Gasteiger charge is 1.99. The van der Waals surface area contributed by atoms with Crippen LogP contribution in [0.3, 0.4) is 0 Å². The highest BCUT2D eigenvalue weighted by Crippen LogP contribution is 2.16. The van der Waals surface area contributed by atoms with Crippen LogP contribution in [0.5, 0.6) is 0 Å². The number of hydrogen-bond acceptors (Lipinski definition) is 3. The second kappa shape index (κ2) is 27.1. The summed E-state index contributed by atoms with van der Waals surface area (Å²) in [5.41, 5.74) is 1.69. The molecular weight excluding hydrogens is 414 g/mol. The Morgan fingerprint density at radius 1 is 0.394 bits per heavy atom. The second-order valence-corrected chi connectivity index (χ2v) is 9.91. The number of hydroxylamine groups is 1. The van der Waals surface area contributed by atoms with Gasteiger partial charge in [-0.3, -0.25) is 14.8 Å². The molecular formula is C28H55NO4. The van der Waals surface area contributed by atoms with Crippen LogP contribution >= 0.6 is 0 Å². The molecule has 0 aromatic rings. The SMILES string of the molecule is O=C(O)CCCCCCCCCCCCCCCCCCCCCCCCCCC(=O)NO. The lowest BCUT2D eigenvalue weighted by molar-refractivity contribution is -0.137. The Hall–Kier alpha value is -1.10. The summed E-state index contributed by atoms with van der Waals surface area (Å²) in [7, 11) is 0. The Bertz CT molecular complexity index is 428. The Labute approximate surface area is 204 Å². The number of hydrogen-bond donors (Lipinski definition) is 3. The lowest BCUT2D eigenvalue weighted by Gasteiger charge is -2.04. The van der Waals surface area contributed by atoms with Gasteiger partial charge in [0.2, 0.25) is 5.91 Å². The van der Waals surface area contributed by atoms with Gasteiger partial charge >= 0.3 is 5.97 Å². The second-order valence-electron chi connectivity index (χ2n) is 9.91. The van der Waals surface area contributed by atoms with Crippen molar-refractivity contribution in [3.63, 3.8) is 0 Å². The van der Waals surface area contributed by atoms with E-state index in [9.17, 15) is 9.59 Å². The minimum atomic E-state index is -0.661. The van der Waals surface area contributed by atoms with E-state index in [0.717, 1.165) is 25.7 Å². The van der Waals surface area contributed by atoms with Gasteiger partial charge in [-0.15, -0.1) is 0 Å². The van der Waals surface area contributed by atoms with Crippen molar-refractivity contribution in [3.8, 4) is 0 Å². The van der Waals surface area contributed by atoms with Crippen LogP contribution in [0.25, 0.3) is 0 Å². The molecule has 0 atom stereocenters. The molecule has 0 bridgehead atoms. The maximum absolute atomic E-state index is 10.9. The van der Waals surface area contributed by atoms with Gasteiger partial charge in [0.1, 0.15) is 0 Å². The number of carboxylic acid groups (broad SMARTS) is 1. The molecule has 0 aromatic heterocycles. The molecule has 0 aliphatic rings. The Morgan fingerprint density at radius 3 is 0.818 bits per heavy atom. The zero-order valence-corrected chi connectivity index (χ0v) is 21.6. The molecule has 0 rings (SSSR count). The molecule has 0 aliphatic heterocycles. The molecule has 0 aromatic carbocycles. The first-order chi connectivity index (χ1) is 16.2. The summed E-state index contributed by atoms with van der Waals surface area (Å²) in [5.74, 6) is -0.927. The number of unbranched alkanes of at least 4 members (excludes halogenated alkanes) is 23. The maximum Gasteiger partial charge on any atom is 0.303 e. The number of rotatable bonds is 27. The van der Waals surface area contributed by atoms with Gasteiger partial charge in [-0.05, 0) is 12.8 Å². The highest BCUT2D eigenvalue weighted by molar-refractivity contribution is 5.74. The van der Waals surface area contributed by atoms with Crippen LogP contribution in [0, 0.1) is 0 Å². The molecule has 33 heavy (non-hydrogen) atoms. The minimum absolute atomic E-state index is 0.267. The maximum atomic E-state index is 10.9. The molecule has 3 N–H and O–H groups in total. The first-order valence-electron chi connectivity index (χ1n) is 14.3. The van der Waals surface area contributed by atoms with Crippen molar-refractivity contribution in [2.75, 3.05) is 0 Å². The summed E-state index contributed by atoms with van der Waals surface area (Å²) < 4.78 is 0. The summed E-state index contributed by atoms with van der Waals surface area (Å²) in [6.45, 7) is 0. The van der Waals surface area contributed by atoms with Crippen LogP contribution in [0.4, 0.5) is 0 Å². The summed E-state index contributed by atoms with van der Waals surface area (Å²) in [6.07, 6.45) is 31.7. The fraction of sp³-hybridized carbons (Fsp3) is 0.929. The van der Waals surface area contributed by atoms with Gasteiger partial charge in [0, 0.05) is 12.8 Å². The van der Waals surface area contributed by atoms with Crippen molar-refractivity contribution in [2.24, 2.45) is 0 Å². The molecule has 0 heterocycles. The number of nitrogens with one attached hydrogen (secondary N) is 1. The van der Waals surface area contributed by atoms with E-state index in [4.69, 9.17) is 10.3 Å². The van der Waals surface area contributed by atoms with Crippen LogP contribution in [-0.2, 0) is 9.59 Å². The smallest absolute Gasteiger partial charge is 0.303 e. The van der Waals surface area contributed by atoms with Crippen molar-refractivity contribution in [3.05, 3.63) is 0 Å². The first-order valence-corrected chi connectivity index (χ1v) is 14.3. The minimum Gasteiger partial charge on any atom is -0.481 e. The predicted molar refractivity (Wildman–Crippen MR) is 138 cm³/mol. The third-order valence-corrected chi connectivity index (χ3v) is 6.67. The molecule has 5 nitrogen and oxygen atoms in total. The van der Waals surface area contributed by atoms with Crippen molar-refractivity contribution in [1.82, 2.24) is 5.48 Å². The molecule has 0 spiro atoms. The van der Waals surface area contributed by atoms with E-state index in [1.54, 1.807) is 5.48 Å². The van der Waals surface area contributed by atoms with E-state index in [1.165, 1.54) is 128 Å². The molecule has 5 heteroatoms. The third kappa shape index (κ3) is 28.9. The van der Waals surface area contributed by atoms with E-state index in [1.807, 2.05) is 0 Å². The molecule has 0 saturated heterocycles. The fourth-order valence-corrected chi connectivity index (χ4v) is 4.51. The van der Waals surface area contributed by atoms with Gasteiger partial charge in [-0.25, -0.2) is 5.48 Å². The van der Waals surface area contributed by atoms with Gasteiger partial charge in [0.15, 0.2) is 0 Å². The van der Waals surface area contributed by atoms with Gasteiger partial charge in [0.05, 0.1) is 0 Å². The number of carbonyl (C=O) groups excluding carboxylic acids is 1. The lowest BCUT2D eigenvalue weighted by Crippen LogP contribution is -2.17. The Balaban J connectivity index is 3.04. The molecule has 0 fully saturated rings. The molecule has 0 saturated carbocycles. The van der Waals surface area contributed by atoms with E-state index in [0.29, 0.717) is 12.8 Å². The Morgan fingerprint density at radius 2 is 0.606 bits per heavy atom. The summed E-state index contributed by atoms with van der Waals surface area (Å²) >= 11 is 0. The summed E-state index contributed by atoms with van der Waals surface area (Å²) in [6, 6.07) is 0. The molecule has 196 valence electrons. The van der Waals surface area contributed by atoms with Crippen molar-refractivity contribution in [1.29, 1.82) is 0 Å². The molecule has 0 radical (unpaired) electrons. The average Bonchev–Trinajstić information content (AvgIpc) is 2.80. The quantitative estimate of drug-likeness (QED) is 0.0637. The summed E-state index contributed by atoms with van der Waals surface area (Å²) in [5, 5.41) is 17.0. The molecule has 1 amide bonds. The van der Waals surface area contributed by atoms with Gasteiger partial charge < -0.3 is 5.11 Å². The average molecular weight is 470 g/mol. The van der Waals surface area contributed by atoms with Crippen molar-refractivity contribution < 1.29 is 19.9 Å². The largest absolute Gasteiger partial charge is 0.481 e. The number of amides is 1. The molecule has 0 aliphatic carbocycles. The van der Waals surface area contributed by atoms with Crippen LogP contribution in [0.1, 0.15) is 167 Å². The number of carboxylic acids is 1. The van der Waals surface area contributed by atoms with Crippen LogP contribution in [-0.4, -0.2) is 22.2 Å². The standard InChI is InChI=1S/C28H55NO4/c30-27(29-33)25-23-21-19-17-15-13-11-9-7-5-3-1-2-4-6-8-10-12-14-16-18-20-22-24-26-28(31)32/h33H,1-26H2,(H,29,30)(H,31,32). The lowest BCUT2D eigenvalue weighted by atomic mass is 10.0. The first kappa shape index (κ1) is 31.9. The zero-order chi connectivity index (χ0) is 24.2.